The van der Waals surface area contributed by atoms with E-state index in [0.29, 0.717) is 28.2 Å². The lowest BCUT2D eigenvalue weighted by Gasteiger charge is -2.27. The molecule has 0 saturated carbocycles. The molecule has 3 aliphatic carbocycles. The second-order valence-electron chi connectivity index (χ2n) is 18.1. The molecule has 0 radical (unpaired) electrons. The van der Waals surface area contributed by atoms with E-state index >= 15 is 17.6 Å². The van der Waals surface area contributed by atoms with E-state index in [1.165, 1.54) is 0 Å². The largest absolute Gasteiger partial charge is 0.422 e. The molecular formula is C60H48F4O4. The highest BCUT2D eigenvalue weighted by Gasteiger charge is 2.30. The van der Waals surface area contributed by atoms with Crippen LogP contribution in [0.5, 0.6) is 11.5 Å². The molecular weight excluding hydrogens is 861 g/mol. The lowest BCUT2D eigenvalue weighted by atomic mass is 9.80. The van der Waals surface area contributed by atoms with Gasteiger partial charge in [0.15, 0.2) is 23.3 Å². The molecule has 0 bridgehead atoms. The Balaban J connectivity index is 0.928. The number of allylic oxidation sites excluding steroid dienone is 2. The van der Waals surface area contributed by atoms with Crippen molar-refractivity contribution in [2.24, 2.45) is 0 Å². The van der Waals surface area contributed by atoms with Crippen LogP contribution in [-0.4, -0.2) is 11.9 Å². The first-order chi connectivity index (χ1) is 33.0. The monoisotopic (exact) mass is 908 g/mol. The molecule has 7 aromatic rings. The molecule has 7 aromatic carbocycles. The van der Waals surface area contributed by atoms with E-state index in [1.54, 1.807) is 91.0 Å². The summed E-state index contributed by atoms with van der Waals surface area (Å²) in [4.78, 5) is 28.2. The second-order valence-corrected chi connectivity index (χ2v) is 18.1. The average molecular weight is 909 g/mol. The first-order valence-corrected chi connectivity index (χ1v) is 23.4. The van der Waals surface area contributed by atoms with Gasteiger partial charge in [0, 0.05) is 33.7 Å². The average Bonchev–Trinajstić information content (AvgIpc) is 3.36. The number of aryl methyl sites for hydroxylation is 4. The van der Waals surface area contributed by atoms with Crippen LogP contribution in [0.25, 0.3) is 44.5 Å². The van der Waals surface area contributed by atoms with Gasteiger partial charge in [-0.25, -0.2) is 27.2 Å². The molecule has 3 aliphatic rings. The fraction of sp³-hybridized carbons (Fsp3) is 0.200. The second kappa shape index (κ2) is 18.8. The summed E-state index contributed by atoms with van der Waals surface area (Å²) in [7, 11) is 0. The SMILES string of the molecule is Cc1ccc(-c2ccc(-c3ccc(C(=O)Oc4ccc5c(c4-c4c(OC(=O)C6=CCC(c7ccc(-c8ccc(C)cc8)c(F)c7F)C=C6)ccc6c4CCCC6)CCCC5)cc3)c(F)c2F)cc1. The molecule has 0 amide bonds. The van der Waals surface area contributed by atoms with E-state index in [2.05, 4.69) is 0 Å². The lowest BCUT2D eigenvalue weighted by Crippen LogP contribution is -2.16. The van der Waals surface area contributed by atoms with Crippen LogP contribution in [-0.2, 0) is 30.5 Å². The quantitative estimate of drug-likeness (QED) is 0.0823. The van der Waals surface area contributed by atoms with Crippen LogP contribution in [0.1, 0.15) is 87.3 Å². The third-order valence-electron chi connectivity index (χ3n) is 13.7. The van der Waals surface area contributed by atoms with Crippen molar-refractivity contribution < 1.29 is 36.6 Å². The summed E-state index contributed by atoms with van der Waals surface area (Å²) >= 11 is 0. The van der Waals surface area contributed by atoms with Crippen LogP contribution in [0.2, 0.25) is 0 Å². The van der Waals surface area contributed by atoms with Crippen LogP contribution >= 0.6 is 0 Å². The highest BCUT2D eigenvalue weighted by atomic mass is 19.2. The minimum Gasteiger partial charge on any atom is -0.422 e. The van der Waals surface area contributed by atoms with Crippen molar-refractivity contribution in [3.63, 3.8) is 0 Å². The number of esters is 2. The molecule has 0 heterocycles. The molecule has 0 aliphatic heterocycles. The summed E-state index contributed by atoms with van der Waals surface area (Å²) < 4.78 is 74.7. The first kappa shape index (κ1) is 44.5. The van der Waals surface area contributed by atoms with Crippen LogP contribution < -0.4 is 9.47 Å². The Bertz CT molecular complexity index is 3180. The summed E-state index contributed by atoms with van der Waals surface area (Å²) in [5, 5.41) is 0. The van der Waals surface area contributed by atoms with Crippen LogP contribution in [0.15, 0.2) is 145 Å². The van der Waals surface area contributed by atoms with Gasteiger partial charge in [-0.1, -0.05) is 126 Å². The van der Waals surface area contributed by atoms with Gasteiger partial charge in [0.1, 0.15) is 11.5 Å². The molecule has 0 N–H and O–H groups in total. The Morgan fingerprint density at radius 2 is 0.926 bits per heavy atom. The zero-order valence-electron chi connectivity index (χ0n) is 37.9. The van der Waals surface area contributed by atoms with E-state index in [1.807, 2.05) is 62.4 Å². The number of carbonyl (C=O) groups excluding carboxylic acids is 2. The molecule has 10 rings (SSSR count). The van der Waals surface area contributed by atoms with Gasteiger partial charge >= 0.3 is 11.9 Å². The number of hydrogen-bond acceptors (Lipinski definition) is 4. The first-order valence-electron chi connectivity index (χ1n) is 23.4. The molecule has 0 fully saturated rings. The van der Waals surface area contributed by atoms with E-state index in [9.17, 15) is 9.59 Å². The number of rotatable bonds is 9. The Hall–Kier alpha value is -7.32. The van der Waals surface area contributed by atoms with Gasteiger partial charge in [0.25, 0.3) is 0 Å². The van der Waals surface area contributed by atoms with Gasteiger partial charge in [-0.2, -0.15) is 0 Å². The number of fused-ring (bicyclic) bond motifs is 2. The van der Waals surface area contributed by atoms with Gasteiger partial charge in [-0.05, 0) is 140 Å². The number of hydrogen-bond donors (Lipinski definition) is 0. The van der Waals surface area contributed by atoms with Crippen molar-refractivity contribution in [2.75, 3.05) is 0 Å². The number of halogens is 4. The molecule has 4 nitrogen and oxygen atoms in total. The predicted molar refractivity (Wildman–Crippen MR) is 259 cm³/mol. The standard InChI is InChI=1S/C60H48F4O4/c1-35-11-15-39(16-12-35)47-29-31-49(57(63)55(47)61)41-19-23-43(24-20-41)59(65)67-51-33-27-37-7-3-5-9-45(37)53(51)54-46-10-6-4-8-38(46)28-34-52(54)68-60(66)44-25-21-42(22-26-44)50-32-30-48(56(62)58(50)64)40-17-13-36(2)14-18-40/h11-21,23-34,42H,3-10,22H2,1-2H3. The topological polar surface area (TPSA) is 52.6 Å². The molecule has 1 atom stereocenters. The number of ether oxygens (including phenoxy) is 2. The van der Waals surface area contributed by atoms with Crippen molar-refractivity contribution in [3.8, 4) is 56.0 Å². The smallest absolute Gasteiger partial charge is 0.343 e. The summed E-state index contributed by atoms with van der Waals surface area (Å²) in [6.45, 7) is 3.86. The van der Waals surface area contributed by atoms with E-state index in [0.717, 1.165) is 95.9 Å². The summed E-state index contributed by atoms with van der Waals surface area (Å²) in [6, 6.07) is 34.6. The fourth-order valence-electron chi connectivity index (χ4n) is 9.97. The Morgan fingerprint density at radius 3 is 1.41 bits per heavy atom. The van der Waals surface area contributed by atoms with Gasteiger partial charge < -0.3 is 9.47 Å². The Kier molecular flexibility index (Phi) is 12.3. The molecule has 0 aromatic heterocycles. The molecule has 68 heavy (non-hydrogen) atoms. The van der Waals surface area contributed by atoms with E-state index in [4.69, 9.17) is 9.47 Å². The van der Waals surface area contributed by atoms with Gasteiger partial charge in [-0.15, -0.1) is 0 Å². The van der Waals surface area contributed by atoms with Crippen LogP contribution in [0.3, 0.4) is 0 Å². The molecule has 0 saturated heterocycles. The number of benzene rings is 7. The zero-order valence-corrected chi connectivity index (χ0v) is 37.9. The minimum absolute atomic E-state index is 0.0682. The molecule has 1 unspecified atom stereocenters. The minimum atomic E-state index is -0.980. The van der Waals surface area contributed by atoms with Crippen molar-refractivity contribution in [1.82, 2.24) is 0 Å². The molecule has 8 heteroatoms. The van der Waals surface area contributed by atoms with Crippen LogP contribution in [0, 0.1) is 37.1 Å². The maximum absolute atomic E-state index is 15.6. The maximum atomic E-state index is 15.6. The Morgan fingerprint density at radius 1 is 0.485 bits per heavy atom. The van der Waals surface area contributed by atoms with Gasteiger partial charge in [0.05, 0.1) is 11.1 Å². The summed E-state index contributed by atoms with van der Waals surface area (Å²) in [5.74, 6) is -4.80. The van der Waals surface area contributed by atoms with Crippen molar-refractivity contribution in [3.05, 3.63) is 213 Å². The normalized spacial score (nSPS) is 15.3. The fourth-order valence-corrected chi connectivity index (χ4v) is 9.97. The van der Waals surface area contributed by atoms with Gasteiger partial charge in [0.2, 0.25) is 0 Å². The predicted octanol–water partition coefficient (Wildman–Crippen LogP) is 15.1. The third-order valence-corrected chi connectivity index (χ3v) is 13.7. The van der Waals surface area contributed by atoms with E-state index in [-0.39, 0.29) is 39.8 Å². The van der Waals surface area contributed by atoms with Crippen molar-refractivity contribution in [1.29, 1.82) is 0 Å². The molecule has 340 valence electrons. The van der Waals surface area contributed by atoms with Crippen molar-refractivity contribution >= 4 is 11.9 Å². The maximum Gasteiger partial charge on any atom is 0.343 e. The molecule has 0 spiro atoms. The summed E-state index contributed by atoms with van der Waals surface area (Å²) in [5.41, 5.74) is 10.5. The van der Waals surface area contributed by atoms with E-state index < -0.39 is 41.1 Å². The third kappa shape index (κ3) is 8.60. The Labute approximate surface area is 393 Å². The number of carbonyl (C=O) groups is 2. The summed E-state index contributed by atoms with van der Waals surface area (Å²) in [6.07, 6.45) is 12.4. The highest BCUT2D eigenvalue weighted by Crippen LogP contribution is 2.48. The lowest BCUT2D eigenvalue weighted by molar-refractivity contribution is -0.129. The van der Waals surface area contributed by atoms with Gasteiger partial charge in [-0.3, -0.25) is 0 Å². The zero-order chi connectivity index (χ0) is 47.1. The van der Waals surface area contributed by atoms with Crippen LogP contribution in [0.4, 0.5) is 17.6 Å². The van der Waals surface area contributed by atoms with Crippen molar-refractivity contribution in [2.45, 2.75) is 77.6 Å². The highest BCUT2D eigenvalue weighted by molar-refractivity contribution is 5.97.